The third-order valence-corrected chi connectivity index (χ3v) is 5.35. The fraction of sp³-hybridized carbons (Fsp3) is 0.200. The molecular weight excluding hydrogens is 376 g/mol. The first-order chi connectivity index (χ1) is 13.5. The second-order valence-electron chi connectivity index (χ2n) is 6.17. The molecule has 3 aromatic rings. The summed E-state index contributed by atoms with van der Waals surface area (Å²) in [5, 5.41) is 11.0. The Morgan fingerprint density at radius 3 is 2.21 bits per heavy atom. The highest BCUT2D eigenvalue weighted by Crippen LogP contribution is 2.19. The van der Waals surface area contributed by atoms with Crippen molar-refractivity contribution in [2.24, 2.45) is 0 Å². The van der Waals surface area contributed by atoms with E-state index in [2.05, 4.69) is 20.2 Å². The van der Waals surface area contributed by atoms with Crippen molar-refractivity contribution in [3.63, 3.8) is 0 Å². The average Bonchev–Trinajstić information content (AvgIpc) is 2.70. The van der Waals surface area contributed by atoms with E-state index in [0.29, 0.717) is 18.7 Å². The molecule has 0 bridgehead atoms. The van der Waals surface area contributed by atoms with Crippen LogP contribution in [0, 0.1) is 0 Å². The van der Waals surface area contributed by atoms with E-state index in [-0.39, 0.29) is 11.6 Å². The molecule has 0 fully saturated rings. The number of aromatic nitrogens is 2. The maximum atomic E-state index is 12.2. The fourth-order valence-electron chi connectivity index (χ4n) is 2.60. The molecule has 0 amide bonds. The van der Waals surface area contributed by atoms with Crippen LogP contribution >= 0.6 is 0 Å². The molecule has 3 rings (SSSR count). The Kier molecular flexibility index (Phi) is 6.44. The number of anilines is 3. The number of nitrogens with one attached hydrogen (secondary N) is 2. The molecule has 0 aliphatic carbocycles. The number of sulfonamides is 1. The molecule has 0 unspecified atom stereocenters. The van der Waals surface area contributed by atoms with Gasteiger partial charge in [0, 0.05) is 5.69 Å². The van der Waals surface area contributed by atoms with Crippen molar-refractivity contribution in [1.29, 1.82) is 0 Å². The Morgan fingerprint density at radius 2 is 1.57 bits per heavy atom. The van der Waals surface area contributed by atoms with E-state index < -0.39 is 10.0 Å². The van der Waals surface area contributed by atoms with Crippen LogP contribution in [0.4, 0.5) is 17.3 Å². The van der Waals surface area contributed by atoms with Crippen molar-refractivity contribution < 1.29 is 13.2 Å². The van der Waals surface area contributed by atoms with Gasteiger partial charge in [0.15, 0.2) is 11.6 Å². The number of rotatable bonds is 9. The smallest absolute Gasteiger partial charge is 0.233 e. The average molecular weight is 398 g/mol. The number of hydrogen-bond donors (Lipinski definition) is 2. The Morgan fingerprint density at radius 1 is 0.893 bits per heavy atom. The molecule has 1 heterocycles. The van der Waals surface area contributed by atoms with Crippen molar-refractivity contribution in [1.82, 2.24) is 10.2 Å². The van der Waals surface area contributed by atoms with Crippen LogP contribution in [0.1, 0.15) is 12.0 Å². The summed E-state index contributed by atoms with van der Waals surface area (Å²) in [7, 11) is -1.86. The number of benzene rings is 2. The first kappa shape index (κ1) is 19.6. The summed E-state index contributed by atoms with van der Waals surface area (Å²) in [6, 6.07) is 20.4. The van der Waals surface area contributed by atoms with Crippen LogP contribution in [-0.4, -0.2) is 31.5 Å². The summed E-state index contributed by atoms with van der Waals surface area (Å²) in [6.07, 6.45) is 1.24. The number of hydrogen-bond acceptors (Lipinski definition) is 6. The highest BCUT2D eigenvalue weighted by molar-refractivity contribution is 7.92. The van der Waals surface area contributed by atoms with Gasteiger partial charge in [0.1, 0.15) is 5.75 Å². The summed E-state index contributed by atoms with van der Waals surface area (Å²) in [5.41, 5.74) is 1.94. The lowest BCUT2D eigenvalue weighted by atomic mass is 10.1. The minimum Gasteiger partial charge on any atom is -0.497 e. The van der Waals surface area contributed by atoms with Crippen molar-refractivity contribution >= 4 is 27.3 Å². The number of nitrogens with zero attached hydrogens (tertiary/aromatic N) is 2. The molecule has 0 saturated heterocycles. The highest BCUT2D eigenvalue weighted by atomic mass is 32.2. The molecule has 1 aromatic heterocycles. The zero-order chi connectivity index (χ0) is 19.8. The maximum absolute atomic E-state index is 12.2. The molecule has 0 spiro atoms. The fourth-order valence-corrected chi connectivity index (χ4v) is 3.65. The SMILES string of the molecule is COc1ccc(Nc2ccc(NS(=O)(=O)CCCc3ccccc3)nn2)cc1. The van der Waals surface area contributed by atoms with Crippen molar-refractivity contribution in [3.05, 3.63) is 72.3 Å². The first-order valence-electron chi connectivity index (χ1n) is 8.83. The van der Waals surface area contributed by atoms with Gasteiger partial charge in [-0.2, -0.15) is 0 Å². The first-order valence-corrected chi connectivity index (χ1v) is 10.5. The predicted octanol–water partition coefficient (Wildman–Crippen LogP) is 3.60. The Labute approximate surface area is 164 Å². The van der Waals surface area contributed by atoms with E-state index in [0.717, 1.165) is 17.0 Å². The normalized spacial score (nSPS) is 11.0. The van der Waals surface area contributed by atoms with Gasteiger partial charge < -0.3 is 10.1 Å². The van der Waals surface area contributed by atoms with Crippen LogP contribution in [0.15, 0.2) is 66.7 Å². The summed E-state index contributed by atoms with van der Waals surface area (Å²) in [6.45, 7) is 0. The van der Waals surface area contributed by atoms with E-state index in [9.17, 15) is 8.42 Å². The van der Waals surface area contributed by atoms with Crippen molar-refractivity contribution in [2.45, 2.75) is 12.8 Å². The van der Waals surface area contributed by atoms with Gasteiger partial charge in [-0.1, -0.05) is 30.3 Å². The van der Waals surface area contributed by atoms with Gasteiger partial charge in [-0.15, -0.1) is 10.2 Å². The van der Waals surface area contributed by atoms with Crippen LogP contribution in [0.3, 0.4) is 0 Å². The van der Waals surface area contributed by atoms with Crippen LogP contribution in [-0.2, 0) is 16.4 Å². The summed E-state index contributed by atoms with van der Waals surface area (Å²) >= 11 is 0. The molecule has 7 nitrogen and oxygen atoms in total. The van der Waals surface area contributed by atoms with E-state index >= 15 is 0 Å². The molecule has 146 valence electrons. The lowest BCUT2D eigenvalue weighted by Crippen LogP contribution is -2.18. The monoisotopic (exact) mass is 398 g/mol. The molecule has 0 radical (unpaired) electrons. The summed E-state index contributed by atoms with van der Waals surface area (Å²) in [4.78, 5) is 0. The van der Waals surface area contributed by atoms with E-state index in [1.807, 2.05) is 54.6 Å². The van der Waals surface area contributed by atoms with Gasteiger partial charge in [0.05, 0.1) is 12.9 Å². The van der Waals surface area contributed by atoms with E-state index in [4.69, 9.17) is 4.74 Å². The lowest BCUT2D eigenvalue weighted by Gasteiger charge is -2.09. The molecule has 8 heteroatoms. The van der Waals surface area contributed by atoms with Crippen molar-refractivity contribution in [2.75, 3.05) is 22.9 Å². The van der Waals surface area contributed by atoms with Gasteiger partial charge in [-0.05, 0) is 54.8 Å². The zero-order valence-electron chi connectivity index (χ0n) is 15.5. The second-order valence-corrected chi connectivity index (χ2v) is 8.01. The molecule has 0 saturated carbocycles. The molecular formula is C20H22N4O3S. The van der Waals surface area contributed by atoms with Crippen LogP contribution in [0.25, 0.3) is 0 Å². The molecule has 0 atom stereocenters. The van der Waals surface area contributed by atoms with Crippen LogP contribution in [0.2, 0.25) is 0 Å². The standard InChI is InChI=1S/C20H22N4O3S/c1-27-18-11-9-17(10-12-18)21-19-13-14-20(23-22-19)24-28(25,26)15-5-8-16-6-3-2-4-7-16/h2-4,6-7,9-14H,5,8,15H2,1H3,(H,21,22)(H,23,24). The van der Waals surface area contributed by atoms with Crippen molar-refractivity contribution in [3.8, 4) is 5.75 Å². The molecule has 2 aromatic carbocycles. The Balaban J connectivity index is 1.52. The van der Waals surface area contributed by atoms with Gasteiger partial charge in [-0.3, -0.25) is 4.72 Å². The predicted molar refractivity (Wildman–Crippen MR) is 110 cm³/mol. The Hall–Kier alpha value is -3.13. The van der Waals surface area contributed by atoms with Crippen LogP contribution in [0.5, 0.6) is 5.75 Å². The van der Waals surface area contributed by atoms with Gasteiger partial charge in [-0.25, -0.2) is 8.42 Å². The molecule has 28 heavy (non-hydrogen) atoms. The molecule has 2 N–H and O–H groups in total. The molecule has 0 aliphatic heterocycles. The number of methoxy groups -OCH3 is 1. The zero-order valence-corrected chi connectivity index (χ0v) is 16.3. The van der Waals surface area contributed by atoms with Gasteiger partial charge in [0.25, 0.3) is 0 Å². The summed E-state index contributed by atoms with van der Waals surface area (Å²) < 4.78 is 32.0. The second kappa shape index (κ2) is 9.18. The van der Waals surface area contributed by atoms with Gasteiger partial charge in [0.2, 0.25) is 10.0 Å². The number of ether oxygens (including phenoxy) is 1. The van der Waals surface area contributed by atoms with Crippen LogP contribution < -0.4 is 14.8 Å². The van der Waals surface area contributed by atoms with E-state index in [1.54, 1.807) is 19.2 Å². The highest BCUT2D eigenvalue weighted by Gasteiger charge is 2.11. The lowest BCUT2D eigenvalue weighted by molar-refractivity contribution is 0.415. The molecule has 0 aliphatic rings. The minimum atomic E-state index is -3.47. The third-order valence-electron chi connectivity index (χ3n) is 4.01. The third kappa shape index (κ3) is 5.95. The summed E-state index contributed by atoms with van der Waals surface area (Å²) in [5.74, 6) is 1.49. The topological polar surface area (TPSA) is 93.2 Å². The quantitative estimate of drug-likeness (QED) is 0.572. The van der Waals surface area contributed by atoms with Gasteiger partial charge >= 0.3 is 0 Å². The largest absolute Gasteiger partial charge is 0.497 e. The number of aryl methyl sites for hydroxylation is 1. The maximum Gasteiger partial charge on any atom is 0.233 e. The Bertz CT molecular complexity index is 976. The van der Waals surface area contributed by atoms with E-state index in [1.165, 1.54) is 0 Å². The minimum absolute atomic E-state index is 0.0232.